The fourth-order valence-electron chi connectivity index (χ4n) is 1.45. The maximum atomic E-state index is 10.7. The van der Waals surface area contributed by atoms with Crippen LogP contribution >= 0.6 is 0 Å². The third kappa shape index (κ3) is 2.02. The molecule has 0 saturated carbocycles. The number of hydrogen-bond acceptors (Lipinski definition) is 2. The van der Waals surface area contributed by atoms with Crippen molar-refractivity contribution >= 4 is 12.3 Å². The summed E-state index contributed by atoms with van der Waals surface area (Å²) in [6, 6.07) is 0. The standard InChI is InChI=1S/C10H13NO3/c1-6-7(2)11-9(5-12)8(6)3-4-10(13)14/h5,11H,3-4H2,1-2H3,(H,13,14). The summed E-state index contributed by atoms with van der Waals surface area (Å²) in [6.07, 6.45) is 1.19. The molecule has 76 valence electrons. The highest BCUT2D eigenvalue weighted by Gasteiger charge is 2.11. The van der Waals surface area contributed by atoms with Gasteiger partial charge < -0.3 is 10.1 Å². The predicted molar refractivity (Wildman–Crippen MR) is 51.6 cm³/mol. The van der Waals surface area contributed by atoms with Crippen molar-refractivity contribution in [2.24, 2.45) is 0 Å². The Bertz CT molecular complexity index is 366. The second-order valence-corrected chi connectivity index (χ2v) is 3.28. The normalized spacial score (nSPS) is 10.1. The van der Waals surface area contributed by atoms with Gasteiger partial charge in [0.25, 0.3) is 0 Å². The smallest absolute Gasteiger partial charge is 0.303 e. The van der Waals surface area contributed by atoms with E-state index in [9.17, 15) is 9.59 Å². The topological polar surface area (TPSA) is 70.2 Å². The van der Waals surface area contributed by atoms with E-state index in [1.54, 1.807) is 0 Å². The first-order chi connectivity index (χ1) is 6.56. The largest absolute Gasteiger partial charge is 0.481 e. The van der Waals surface area contributed by atoms with Crippen LogP contribution in [0.3, 0.4) is 0 Å². The molecular weight excluding hydrogens is 182 g/mol. The molecule has 0 radical (unpaired) electrons. The van der Waals surface area contributed by atoms with E-state index < -0.39 is 5.97 Å². The fraction of sp³-hybridized carbons (Fsp3) is 0.400. The first-order valence-electron chi connectivity index (χ1n) is 4.41. The number of aromatic nitrogens is 1. The first kappa shape index (κ1) is 10.5. The van der Waals surface area contributed by atoms with Gasteiger partial charge in [0.15, 0.2) is 6.29 Å². The maximum Gasteiger partial charge on any atom is 0.303 e. The molecule has 0 fully saturated rings. The summed E-state index contributed by atoms with van der Waals surface area (Å²) in [5.41, 5.74) is 3.22. The quantitative estimate of drug-likeness (QED) is 0.714. The fourth-order valence-corrected chi connectivity index (χ4v) is 1.45. The summed E-state index contributed by atoms with van der Waals surface area (Å²) in [5.74, 6) is -0.847. The Morgan fingerprint density at radius 3 is 2.64 bits per heavy atom. The molecule has 0 unspecified atom stereocenters. The molecule has 4 heteroatoms. The van der Waals surface area contributed by atoms with Crippen molar-refractivity contribution in [3.05, 3.63) is 22.5 Å². The van der Waals surface area contributed by atoms with Crippen LogP contribution in [0.1, 0.15) is 33.7 Å². The van der Waals surface area contributed by atoms with Crippen molar-refractivity contribution in [3.8, 4) is 0 Å². The molecule has 0 saturated heterocycles. The zero-order valence-corrected chi connectivity index (χ0v) is 8.26. The Morgan fingerprint density at radius 2 is 2.14 bits per heavy atom. The molecule has 2 N–H and O–H groups in total. The van der Waals surface area contributed by atoms with Gasteiger partial charge in [-0.3, -0.25) is 9.59 Å². The average Bonchev–Trinajstić information content (AvgIpc) is 2.40. The highest BCUT2D eigenvalue weighted by molar-refractivity contribution is 5.76. The second-order valence-electron chi connectivity index (χ2n) is 3.28. The van der Waals surface area contributed by atoms with Crippen molar-refractivity contribution in [2.45, 2.75) is 26.7 Å². The highest BCUT2D eigenvalue weighted by atomic mass is 16.4. The van der Waals surface area contributed by atoms with Crippen LogP contribution in [0.15, 0.2) is 0 Å². The second kappa shape index (κ2) is 4.09. The molecule has 4 nitrogen and oxygen atoms in total. The van der Waals surface area contributed by atoms with Crippen LogP contribution in [0, 0.1) is 13.8 Å². The molecule has 14 heavy (non-hydrogen) atoms. The number of carbonyl (C=O) groups is 2. The highest BCUT2D eigenvalue weighted by Crippen LogP contribution is 2.17. The van der Waals surface area contributed by atoms with E-state index in [2.05, 4.69) is 4.98 Å². The van der Waals surface area contributed by atoms with Gasteiger partial charge in [-0.25, -0.2) is 0 Å². The monoisotopic (exact) mass is 195 g/mol. The molecule has 1 rings (SSSR count). The van der Waals surface area contributed by atoms with Gasteiger partial charge in [0.05, 0.1) is 5.69 Å². The van der Waals surface area contributed by atoms with Crippen molar-refractivity contribution in [1.82, 2.24) is 4.98 Å². The molecule has 0 atom stereocenters. The van der Waals surface area contributed by atoms with E-state index in [0.29, 0.717) is 12.1 Å². The number of aryl methyl sites for hydroxylation is 1. The van der Waals surface area contributed by atoms with Crippen LogP contribution in [0.25, 0.3) is 0 Å². The van der Waals surface area contributed by atoms with Crippen LogP contribution in [-0.2, 0) is 11.2 Å². The lowest BCUT2D eigenvalue weighted by atomic mass is 10.1. The Hall–Kier alpha value is -1.58. The van der Waals surface area contributed by atoms with Crippen LogP contribution in [-0.4, -0.2) is 22.3 Å². The van der Waals surface area contributed by atoms with Gasteiger partial charge in [0.1, 0.15) is 0 Å². The molecule has 0 aliphatic heterocycles. The van der Waals surface area contributed by atoms with Gasteiger partial charge in [0.2, 0.25) is 0 Å². The predicted octanol–water partition coefficient (Wildman–Crippen LogP) is 1.46. The van der Waals surface area contributed by atoms with Gasteiger partial charge in [-0.1, -0.05) is 0 Å². The number of carbonyl (C=O) groups excluding carboxylic acids is 1. The third-order valence-corrected chi connectivity index (χ3v) is 2.37. The van der Waals surface area contributed by atoms with Crippen LogP contribution in [0.2, 0.25) is 0 Å². The lowest BCUT2D eigenvalue weighted by Gasteiger charge is -1.98. The first-order valence-corrected chi connectivity index (χ1v) is 4.41. The molecule has 1 heterocycles. The van der Waals surface area contributed by atoms with Gasteiger partial charge in [0, 0.05) is 12.1 Å². The van der Waals surface area contributed by atoms with E-state index in [1.807, 2.05) is 13.8 Å². The minimum Gasteiger partial charge on any atom is -0.481 e. The molecule has 0 aliphatic rings. The Morgan fingerprint density at radius 1 is 1.50 bits per heavy atom. The molecule has 0 aromatic carbocycles. The van der Waals surface area contributed by atoms with Crippen LogP contribution in [0.4, 0.5) is 0 Å². The number of carboxylic acid groups (broad SMARTS) is 1. The molecule has 0 spiro atoms. The van der Waals surface area contributed by atoms with Gasteiger partial charge >= 0.3 is 5.97 Å². The summed E-state index contributed by atoms with van der Waals surface area (Å²) in [7, 11) is 0. The zero-order valence-electron chi connectivity index (χ0n) is 8.26. The van der Waals surface area contributed by atoms with E-state index in [1.165, 1.54) is 0 Å². The third-order valence-electron chi connectivity index (χ3n) is 2.37. The van der Waals surface area contributed by atoms with Crippen LogP contribution < -0.4 is 0 Å². The van der Waals surface area contributed by atoms with Gasteiger partial charge in [-0.15, -0.1) is 0 Å². The SMILES string of the molecule is Cc1[nH]c(C=O)c(CCC(=O)O)c1C. The van der Waals surface area contributed by atoms with E-state index in [0.717, 1.165) is 23.1 Å². The van der Waals surface area contributed by atoms with Crippen molar-refractivity contribution in [1.29, 1.82) is 0 Å². The minimum atomic E-state index is -0.847. The number of aromatic amines is 1. The number of nitrogens with one attached hydrogen (secondary N) is 1. The molecule has 0 bridgehead atoms. The average molecular weight is 195 g/mol. The lowest BCUT2D eigenvalue weighted by molar-refractivity contribution is -0.136. The number of rotatable bonds is 4. The Balaban J connectivity index is 2.93. The summed E-state index contributed by atoms with van der Waals surface area (Å²) in [6.45, 7) is 3.75. The lowest BCUT2D eigenvalue weighted by Crippen LogP contribution is -1.99. The molecule has 0 amide bonds. The van der Waals surface area contributed by atoms with E-state index in [-0.39, 0.29) is 6.42 Å². The van der Waals surface area contributed by atoms with Crippen LogP contribution in [0.5, 0.6) is 0 Å². The Labute approximate surface area is 81.9 Å². The number of aliphatic carboxylic acids is 1. The minimum absolute atomic E-state index is 0.0545. The van der Waals surface area contributed by atoms with Gasteiger partial charge in [-0.05, 0) is 31.4 Å². The van der Waals surface area contributed by atoms with Gasteiger partial charge in [-0.2, -0.15) is 0 Å². The van der Waals surface area contributed by atoms with Crippen molar-refractivity contribution in [2.75, 3.05) is 0 Å². The molecule has 0 aliphatic carbocycles. The van der Waals surface area contributed by atoms with E-state index >= 15 is 0 Å². The molecule has 1 aromatic rings. The van der Waals surface area contributed by atoms with Crippen molar-refractivity contribution in [3.63, 3.8) is 0 Å². The summed E-state index contributed by atoms with van der Waals surface area (Å²) in [4.78, 5) is 24.0. The van der Waals surface area contributed by atoms with E-state index in [4.69, 9.17) is 5.11 Å². The molecular formula is C10H13NO3. The summed E-state index contributed by atoms with van der Waals surface area (Å²) in [5, 5.41) is 8.54. The number of aldehydes is 1. The molecule has 1 aromatic heterocycles. The summed E-state index contributed by atoms with van der Waals surface area (Å²) >= 11 is 0. The maximum absolute atomic E-state index is 10.7. The number of H-pyrrole nitrogens is 1. The zero-order chi connectivity index (χ0) is 10.7. The number of carboxylic acids is 1. The Kier molecular flexibility index (Phi) is 3.06. The number of hydrogen-bond donors (Lipinski definition) is 2. The van der Waals surface area contributed by atoms with Crippen molar-refractivity contribution < 1.29 is 14.7 Å². The summed E-state index contributed by atoms with van der Waals surface area (Å²) < 4.78 is 0.